The first kappa shape index (κ1) is 24.0. The zero-order chi connectivity index (χ0) is 22.1. The molecule has 1 heterocycles. The number of fused-ring (bicyclic) bond motifs is 1. The second-order valence-electron chi connectivity index (χ2n) is 10.8. The molecule has 1 saturated carbocycles. The van der Waals surface area contributed by atoms with Crippen LogP contribution in [0, 0.1) is 5.92 Å². The Labute approximate surface area is 185 Å². The number of hydrogen-bond donors (Lipinski definition) is 0. The average Bonchev–Trinajstić information content (AvgIpc) is 2.84. The highest BCUT2D eigenvalue weighted by Gasteiger charge is 2.60. The zero-order valence-corrected chi connectivity index (χ0v) is 21.6. The average molecular weight is 436 g/mol. The van der Waals surface area contributed by atoms with Crippen LogP contribution in [0.2, 0.25) is 22.7 Å². The Bertz CT molecular complexity index is 629. The van der Waals surface area contributed by atoms with Gasteiger partial charge in [0.2, 0.25) is 5.78 Å². The van der Waals surface area contributed by atoms with Crippen molar-refractivity contribution in [2.45, 2.75) is 102 Å². The summed E-state index contributed by atoms with van der Waals surface area (Å²) in [5.41, 5.74) is 3.05. The van der Waals surface area contributed by atoms with Crippen LogP contribution in [0.3, 0.4) is 0 Å². The number of nitrogens with zero attached hydrogens (tertiary/aromatic N) is 1. The Morgan fingerprint density at radius 3 is 2.17 bits per heavy atom. The second-order valence-corrected chi connectivity index (χ2v) is 16.9. The van der Waals surface area contributed by atoms with Gasteiger partial charge in [0.25, 0.3) is 0 Å². The number of ketones is 1. The second kappa shape index (κ2) is 9.46. The highest BCUT2D eigenvalue weighted by molar-refractivity contribution is 6.84. The molecule has 2 atom stereocenters. The van der Waals surface area contributed by atoms with E-state index in [-0.39, 0.29) is 11.3 Å². The van der Waals surface area contributed by atoms with Crippen molar-refractivity contribution in [3.63, 3.8) is 0 Å². The zero-order valence-electron chi connectivity index (χ0n) is 20.6. The van der Waals surface area contributed by atoms with E-state index in [2.05, 4.69) is 46.4 Å². The number of morpholine rings is 1. The molecule has 172 valence electrons. The summed E-state index contributed by atoms with van der Waals surface area (Å²) < 4.78 is 11.6. The molecule has 0 aromatic rings. The van der Waals surface area contributed by atoms with Crippen LogP contribution in [0.25, 0.3) is 0 Å². The quantitative estimate of drug-likeness (QED) is 0.474. The van der Waals surface area contributed by atoms with Gasteiger partial charge >= 0.3 is 0 Å². The molecule has 0 radical (unpaired) electrons. The van der Waals surface area contributed by atoms with Crippen molar-refractivity contribution in [1.29, 1.82) is 0 Å². The Morgan fingerprint density at radius 1 is 1.03 bits per heavy atom. The summed E-state index contributed by atoms with van der Waals surface area (Å²) in [6.07, 6.45) is 5.72. The number of carbonyl (C=O) groups excluding carboxylic acids is 1. The maximum absolute atomic E-state index is 14.1. The van der Waals surface area contributed by atoms with Crippen molar-refractivity contribution in [1.82, 2.24) is 4.90 Å². The number of rotatable bonds is 7. The first-order valence-corrected chi connectivity index (χ1v) is 14.8. The third kappa shape index (κ3) is 3.73. The number of Topliss-reactive ketones (excluding diaryl/α,β-unsaturated/α-hetero) is 1. The van der Waals surface area contributed by atoms with Gasteiger partial charge in [-0.3, -0.25) is 9.69 Å². The van der Waals surface area contributed by atoms with Crippen LogP contribution in [0.15, 0.2) is 11.3 Å². The summed E-state index contributed by atoms with van der Waals surface area (Å²) in [5.74, 6) is 1.34. The minimum absolute atomic E-state index is 0.285. The van der Waals surface area contributed by atoms with Crippen LogP contribution < -0.4 is 0 Å². The Hall–Kier alpha value is -0.653. The van der Waals surface area contributed by atoms with E-state index in [4.69, 9.17) is 9.47 Å². The minimum Gasteiger partial charge on any atom is -0.493 e. The van der Waals surface area contributed by atoms with Gasteiger partial charge in [0.05, 0.1) is 33.9 Å². The monoisotopic (exact) mass is 435 g/mol. The fourth-order valence-corrected chi connectivity index (χ4v) is 13.7. The first-order valence-electron chi connectivity index (χ1n) is 12.4. The van der Waals surface area contributed by atoms with E-state index < -0.39 is 8.07 Å². The number of methoxy groups -OCH3 is 1. The molecule has 0 amide bonds. The molecule has 0 aromatic carbocycles. The van der Waals surface area contributed by atoms with Crippen LogP contribution in [0.4, 0.5) is 0 Å². The van der Waals surface area contributed by atoms with Gasteiger partial charge in [0.1, 0.15) is 0 Å². The third-order valence-corrected chi connectivity index (χ3v) is 16.4. The topological polar surface area (TPSA) is 38.8 Å². The van der Waals surface area contributed by atoms with Crippen molar-refractivity contribution in [2.75, 3.05) is 33.4 Å². The summed E-state index contributed by atoms with van der Waals surface area (Å²) >= 11 is 0. The lowest BCUT2D eigenvalue weighted by Gasteiger charge is -2.48. The van der Waals surface area contributed by atoms with E-state index in [1.54, 1.807) is 7.11 Å². The molecule has 1 saturated heterocycles. The fourth-order valence-electron chi connectivity index (χ4n) is 7.42. The maximum atomic E-state index is 14.1. The van der Waals surface area contributed by atoms with Gasteiger partial charge in [-0.15, -0.1) is 0 Å². The molecular weight excluding hydrogens is 390 g/mol. The normalized spacial score (nSPS) is 29.1. The minimum atomic E-state index is -1.69. The van der Waals surface area contributed by atoms with E-state index in [1.165, 1.54) is 18.4 Å². The summed E-state index contributed by atoms with van der Waals surface area (Å²) in [5, 5.41) is 0. The van der Waals surface area contributed by atoms with Crippen molar-refractivity contribution in [2.24, 2.45) is 5.92 Å². The lowest BCUT2D eigenvalue weighted by molar-refractivity contribution is -0.135. The van der Waals surface area contributed by atoms with Crippen molar-refractivity contribution >= 4 is 13.9 Å². The molecule has 3 aliphatic rings. The van der Waals surface area contributed by atoms with E-state index in [9.17, 15) is 4.79 Å². The highest BCUT2D eigenvalue weighted by atomic mass is 28.3. The molecule has 0 unspecified atom stereocenters. The summed E-state index contributed by atoms with van der Waals surface area (Å²) in [4.78, 5) is 16.6. The number of hydrogen-bond acceptors (Lipinski definition) is 4. The molecule has 0 bridgehead atoms. The summed E-state index contributed by atoms with van der Waals surface area (Å²) in [6.45, 7) is 17.8. The lowest BCUT2D eigenvalue weighted by atomic mass is 9.77. The van der Waals surface area contributed by atoms with Crippen LogP contribution in [0.5, 0.6) is 0 Å². The fraction of sp³-hybridized carbons (Fsp3) is 0.880. The Kier molecular flexibility index (Phi) is 7.56. The molecular formula is C25H45NO3Si. The van der Waals surface area contributed by atoms with Crippen molar-refractivity contribution in [3.05, 3.63) is 11.3 Å². The van der Waals surface area contributed by atoms with E-state index >= 15 is 0 Å². The van der Waals surface area contributed by atoms with Gasteiger partial charge in [-0.2, -0.15) is 0 Å². The third-order valence-electron chi connectivity index (χ3n) is 8.94. The van der Waals surface area contributed by atoms with Crippen LogP contribution >= 0.6 is 0 Å². The standard InChI is InChI=1S/C25H45NO3Si/c1-18(2)30(19(3)4,20(5)6)17-21-22-11-9-8-10-12-25(22,24(27)23(21)28-7)26-13-15-29-16-14-26/h18-20,22H,8-17H2,1-7H3/t22-,25+/m1/s1. The van der Waals surface area contributed by atoms with E-state index in [0.717, 1.165) is 57.4 Å². The largest absolute Gasteiger partial charge is 0.493 e. The van der Waals surface area contributed by atoms with E-state index in [0.29, 0.717) is 22.5 Å². The molecule has 1 aliphatic heterocycles. The smallest absolute Gasteiger partial charge is 0.218 e. The van der Waals surface area contributed by atoms with Crippen molar-refractivity contribution in [3.8, 4) is 0 Å². The van der Waals surface area contributed by atoms with Gasteiger partial charge in [0, 0.05) is 19.0 Å². The first-order chi connectivity index (χ1) is 14.2. The van der Waals surface area contributed by atoms with Gasteiger partial charge < -0.3 is 9.47 Å². The summed E-state index contributed by atoms with van der Waals surface area (Å²) in [6, 6.07) is 1.12. The van der Waals surface area contributed by atoms with E-state index in [1.807, 2.05) is 0 Å². The maximum Gasteiger partial charge on any atom is 0.218 e. The van der Waals surface area contributed by atoms with Crippen LogP contribution in [-0.4, -0.2) is 57.7 Å². The molecule has 2 fully saturated rings. The number of ether oxygens (including phenoxy) is 2. The highest BCUT2D eigenvalue weighted by Crippen LogP contribution is 2.55. The number of carbonyl (C=O) groups is 1. The lowest BCUT2D eigenvalue weighted by Crippen LogP contribution is -2.60. The molecule has 0 spiro atoms. The molecule has 0 N–H and O–H groups in total. The molecule has 4 nitrogen and oxygen atoms in total. The van der Waals surface area contributed by atoms with Gasteiger partial charge in [0.15, 0.2) is 5.76 Å². The Balaban J connectivity index is 2.10. The molecule has 5 heteroatoms. The predicted molar refractivity (Wildman–Crippen MR) is 127 cm³/mol. The SMILES string of the molecule is COC1=C(C[Si](C(C)C)(C(C)C)C(C)C)[C@H]2CCCCC[C@@]2(N2CCOCC2)C1=O. The van der Waals surface area contributed by atoms with Crippen LogP contribution in [-0.2, 0) is 14.3 Å². The van der Waals surface area contributed by atoms with Gasteiger partial charge in [-0.25, -0.2) is 0 Å². The molecule has 2 aliphatic carbocycles. The molecule has 0 aromatic heterocycles. The Morgan fingerprint density at radius 2 is 1.63 bits per heavy atom. The molecule has 30 heavy (non-hydrogen) atoms. The van der Waals surface area contributed by atoms with Crippen LogP contribution in [0.1, 0.15) is 73.6 Å². The predicted octanol–water partition coefficient (Wildman–Crippen LogP) is 5.80. The van der Waals surface area contributed by atoms with Gasteiger partial charge in [-0.05, 0) is 24.5 Å². The summed E-state index contributed by atoms with van der Waals surface area (Å²) in [7, 11) is 0.0422. The molecule has 3 rings (SSSR count). The van der Waals surface area contributed by atoms with Gasteiger partial charge in [-0.1, -0.05) is 77.4 Å². The van der Waals surface area contributed by atoms with Crippen molar-refractivity contribution < 1.29 is 14.3 Å².